The highest BCUT2D eigenvalue weighted by Crippen LogP contribution is 2.30. The first-order valence-electron chi connectivity index (χ1n) is 6.76. The molecule has 2 atom stereocenters. The fraction of sp³-hybridized carbons (Fsp3) is 0.467. The molecule has 2 rings (SSSR count). The molecule has 1 fully saturated rings. The van der Waals surface area contributed by atoms with Gasteiger partial charge in [-0.3, -0.25) is 9.59 Å². The summed E-state index contributed by atoms with van der Waals surface area (Å²) >= 11 is 1.22. The number of benzene rings is 1. The largest absolute Gasteiger partial charge is 0.336 e. The van der Waals surface area contributed by atoms with Gasteiger partial charge >= 0.3 is 0 Å². The minimum Gasteiger partial charge on any atom is -0.336 e. The zero-order chi connectivity index (χ0) is 15.6. The van der Waals surface area contributed by atoms with Crippen LogP contribution in [-0.4, -0.2) is 28.2 Å². The van der Waals surface area contributed by atoms with Crippen molar-refractivity contribution in [2.24, 2.45) is 5.92 Å². The lowest BCUT2D eigenvalue weighted by Crippen LogP contribution is -2.28. The lowest BCUT2D eigenvalue weighted by atomic mass is 10.1. The fourth-order valence-corrected chi connectivity index (χ4v) is 3.18. The lowest BCUT2D eigenvalue weighted by Gasteiger charge is -2.25. The van der Waals surface area contributed by atoms with Crippen molar-refractivity contribution in [2.75, 3.05) is 12.3 Å². The van der Waals surface area contributed by atoms with Gasteiger partial charge in [0.15, 0.2) is 16.7 Å². The average molecular weight is 313 g/mol. The molecule has 0 aliphatic carbocycles. The molecule has 1 aliphatic heterocycles. The Kier molecular flexibility index (Phi) is 4.98. The average Bonchev–Trinajstić information content (AvgIpc) is 2.80. The van der Waals surface area contributed by atoms with Crippen molar-refractivity contribution in [1.29, 1.82) is 0 Å². The summed E-state index contributed by atoms with van der Waals surface area (Å²) in [6, 6.07) is 3.39. The predicted molar refractivity (Wildman–Crippen MR) is 77.7 cm³/mol. The van der Waals surface area contributed by atoms with E-state index in [0.717, 1.165) is 12.1 Å². The van der Waals surface area contributed by atoms with Crippen molar-refractivity contribution in [1.82, 2.24) is 4.90 Å². The van der Waals surface area contributed by atoms with E-state index >= 15 is 0 Å². The first-order valence-corrected chi connectivity index (χ1v) is 7.75. The highest BCUT2D eigenvalue weighted by Gasteiger charge is 2.33. The second kappa shape index (κ2) is 6.56. The van der Waals surface area contributed by atoms with Crippen LogP contribution in [0.5, 0.6) is 0 Å². The van der Waals surface area contributed by atoms with Crippen LogP contribution >= 0.6 is 11.8 Å². The van der Waals surface area contributed by atoms with Crippen LogP contribution in [0.25, 0.3) is 0 Å². The molecule has 1 heterocycles. The molecule has 0 aromatic heterocycles. The lowest BCUT2D eigenvalue weighted by molar-refractivity contribution is -0.129. The summed E-state index contributed by atoms with van der Waals surface area (Å²) in [5.41, 5.74) is 0.571. The summed E-state index contributed by atoms with van der Waals surface area (Å²) in [4.78, 5) is 24.7. The first-order chi connectivity index (χ1) is 9.88. The number of hydrogen-bond donors (Lipinski definition) is 0. The Morgan fingerprint density at radius 1 is 1.43 bits per heavy atom. The van der Waals surface area contributed by atoms with Crippen LogP contribution in [0, 0.1) is 17.6 Å². The molecule has 0 spiro atoms. The zero-order valence-electron chi connectivity index (χ0n) is 11.9. The van der Waals surface area contributed by atoms with Crippen LogP contribution in [-0.2, 0) is 9.59 Å². The Bertz CT molecular complexity index is 565. The number of nitrogens with zero attached hydrogens (tertiary/aromatic N) is 1. The SMILES string of the molecule is CC(=O)SCC1CC(=O)N(C(C)c2ccc(F)c(F)c2)C1. The van der Waals surface area contributed by atoms with Crippen molar-refractivity contribution in [3.05, 3.63) is 35.4 Å². The minimum absolute atomic E-state index is 0.0126. The maximum Gasteiger partial charge on any atom is 0.223 e. The van der Waals surface area contributed by atoms with Gasteiger partial charge in [-0.1, -0.05) is 17.8 Å². The molecule has 0 bridgehead atoms. The molecule has 114 valence electrons. The number of hydrogen-bond acceptors (Lipinski definition) is 3. The van der Waals surface area contributed by atoms with E-state index in [1.807, 2.05) is 0 Å². The molecule has 1 saturated heterocycles. The van der Waals surface area contributed by atoms with Crippen molar-refractivity contribution in [3.8, 4) is 0 Å². The highest BCUT2D eigenvalue weighted by atomic mass is 32.2. The van der Waals surface area contributed by atoms with Crippen molar-refractivity contribution in [3.63, 3.8) is 0 Å². The third kappa shape index (κ3) is 3.81. The van der Waals surface area contributed by atoms with Gasteiger partial charge in [-0.05, 0) is 30.5 Å². The van der Waals surface area contributed by atoms with E-state index in [2.05, 4.69) is 0 Å². The number of likely N-dealkylation sites (tertiary alicyclic amines) is 1. The molecule has 6 heteroatoms. The molecule has 3 nitrogen and oxygen atoms in total. The molecule has 1 aromatic rings. The van der Waals surface area contributed by atoms with Crippen LogP contribution in [0.4, 0.5) is 8.78 Å². The van der Waals surface area contributed by atoms with E-state index in [1.165, 1.54) is 24.8 Å². The molecule has 1 amide bonds. The second-order valence-electron chi connectivity index (χ2n) is 5.27. The van der Waals surface area contributed by atoms with E-state index in [1.54, 1.807) is 11.8 Å². The summed E-state index contributed by atoms with van der Waals surface area (Å²) in [7, 11) is 0. The van der Waals surface area contributed by atoms with Gasteiger partial charge in [0, 0.05) is 25.6 Å². The maximum absolute atomic E-state index is 13.3. The van der Waals surface area contributed by atoms with Gasteiger partial charge < -0.3 is 4.90 Å². The van der Waals surface area contributed by atoms with E-state index in [0.29, 0.717) is 24.3 Å². The Hall–Kier alpha value is -1.43. The van der Waals surface area contributed by atoms with Crippen LogP contribution < -0.4 is 0 Å². The van der Waals surface area contributed by atoms with E-state index in [-0.39, 0.29) is 23.0 Å². The molecular weight excluding hydrogens is 296 g/mol. The Balaban J connectivity index is 2.05. The number of carbonyl (C=O) groups excluding carboxylic acids is 2. The number of rotatable bonds is 4. The monoisotopic (exact) mass is 313 g/mol. The van der Waals surface area contributed by atoms with Gasteiger partial charge in [0.1, 0.15) is 0 Å². The van der Waals surface area contributed by atoms with Crippen LogP contribution in [0.2, 0.25) is 0 Å². The van der Waals surface area contributed by atoms with Gasteiger partial charge in [-0.25, -0.2) is 8.78 Å². The smallest absolute Gasteiger partial charge is 0.223 e. The zero-order valence-corrected chi connectivity index (χ0v) is 12.8. The fourth-order valence-electron chi connectivity index (χ4n) is 2.48. The summed E-state index contributed by atoms with van der Waals surface area (Å²) in [6.07, 6.45) is 0.397. The Morgan fingerprint density at radius 3 is 2.76 bits per heavy atom. The van der Waals surface area contributed by atoms with E-state index in [4.69, 9.17) is 0 Å². The Labute approximate surface area is 126 Å². The van der Waals surface area contributed by atoms with Crippen molar-refractivity contribution >= 4 is 22.8 Å². The number of carbonyl (C=O) groups is 2. The molecule has 1 aromatic carbocycles. The van der Waals surface area contributed by atoms with Gasteiger partial charge in [0.2, 0.25) is 5.91 Å². The standard InChI is InChI=1S/C15H17F2NO2S/c1-9(12-3-4-13(16)14(17)6-12)18-7-11(5-15(18)20)8-21-10(2)19/h3-4,6,9,11H,5,7-8H2,1-2H3. The maximum atomic E-state index is 13.3. The van der Waals surface area contributed by atoms with E-state index in [9.17, 15) is 18.4 Å². The van der Waals surface area contributed by atoms with Crippen molar-refractivity contribution in [2.45, 2.75) is 26.3 Å². The van der Waals surface area contributed by atoms with Crippen molar-refractivity contribution < 1.29 is 18.4 Å². The molecule has 2 unspecified atom stereocenters. The van der Waals surface area contributed by atoms with Crippen LogP contribution in [0.1, 0.15) is 31.9 Å². The van der Waals surface area contributed by atoms with Gasteiger partial charge in [-0.2, -0.15) is 0 Å². The quantitative estimate of drug-likeness (QED) is 0.857. The number of thioether (sulfide) groups is 1. The van der Waals surface area contributed by atoms with E-state index < -0.39 is 11.6 Å². The predicted octanol–water partition coefficient (Wildman–Crippen LogP) is 3.15. The van der Waals surface area contributed by atoms with Gasteiger partial charge in [-0.15, -0.1) is 0 Å². The third-order valence-electron chi connectivity index (χ3n) is 3.65. The number of amides is 1. The topological polar surface area (TPSA) is 37.4 Å². The molecule has 21 heavy (non-hydrogen) atoms. The summed E-state index contributed by atoms with van der Waals surface area (Å²) in [5.74, 6) is -1.08. The summed E-state index contributed by atoms with van der Waals surface area (Å²) < 4.78 is 26.3. The molecule has 1 aliphatic rings. The third-order valence-corrected chi connectivity index (χ3v) is 4.70. The molecule has 0 radical (unpaired) electrons. The second-order valence-corrected chi connectivity index (χ2v) is 6.47. The van der Waals surface area contributed by atoms with Gasteiger partial charge in [0.25, 0.3) is 0 Å². The highest BCUT2D eigenvalue weighted by molar-refractivity contribution is 8.13. The minimum atomic E-state index is -0.908. The summed E-state index contributed by atoms with van der Waals surface area (Å²) in [5, 5.41) is 0.0366. The Morgan fingerprint density at radius 2 is 2.14 bits per heavy atom. The van der Waals surface area contributed by atoms with Gasteiger partial charge in [0.05, 0.1) is 6.04 Å². The normalized spacial score (nSPS) is 19.9. The van der Waals surface area contributed by atoms with Crippen LogP contribution in [0.15, 0.2) is 18.2 Å². The molecule has 0 N–H and O–H groups in total. The summed E-state index contributed by atoms with van der Waals surface area (Å²) in [6.45, 7) is 3.84. The first kappa shape index (κ1) is 15.9. The van der Waals surface area contributed by atoms with Crippen LogP contribution in [0.3, 0.4) is 0 Å². The molecular formula is C15H17F2NO2S. The number of halogens is 2. The molecule has 0 saturated carbocycles.